The molecule has 1 aromatic rings. The van der Waals surface area contributed by atoms with Gasteiger partial charge in [0, 0.05) is 56.5 Å². The maximum absolute atomic E-state index is 4.72. The molecule has 27 heavy (non-hydrogen) atoms. The number of likely N-dealkylation sites (N-methyl/N-ethyl adjacent to an activating group) is 1. The van der Waals surface area contributed by atoms with E-state index in [9.17, 15) is 0 Å². The second-order valence-corrected chi connectivity index (χ2v) is 8.00. The number of guanidine groups is 1. The number of rotatable bonds is 11. The highest BCUT2D eigenvalue weighted by molar-refractivity contribution is 7.99. The molecule has 1 fully saturated rings. The zero-order valence-electron chi connectivity index (χ0n) is 17.1. The van der Waals surface area contributed by atoms with Crippen LogP contribution in [0, 0.1) is 0 Å². The zero-order valence-corrected chi connectivity index (χ0v) is 17.9. The van der Waals surface area contributed by atoms with Gasteiger partial charge in [-0.05, 0) is 45.0 Å². The summed E-state index contributed by atoms with van der Waals surface area (Å²) >= 11 is 1.88. The Bertz CT molecular complexity index is 515. The molecule has 0 amide bonds. The molecule has 0 bridgehead atoms. The average molecular weight is 392 g/mol. The highest BCUT2D eigenvalue weighted by atomic mass is 32.2. The number of hydrogen-bond donors (Lipinski definition) is 2. The van der Waals surface area contributed by atoms with E-state index in [-0.39, 0.29) is 0 Å². The highest BCUT2D eigenvalue weighted by Crippen LogP contribution is 2.15. The molecule has 1 aliphatic rings. The van der Waals surface area contributed by atoms with Gasteiger partial charge in [-0.3, -0.25) is 4.99 Å². The third kappa shape index (κ3) is 9.49. The Morgan fingerprint density at radius 1 is 1.00 bits per heavy atom. The molecule has 2 rings (SSSR count). The molecule has 1 aromatic carbocycles. The van der Waals surface area contributed by atoms with Crippen LogP contribution in [0.3, 0.4) is 0 Å². The molecule has 152 valence electrons. The van der Waals surface area contributed by atoms with E-state index in [1.807, 2.05) is 11.8 Å². The number of hydrogen-bond acceptors (Lipinski definition) is 4. The molecule has 1 heterocycles. The summed E-state index contributed by atoms with van der Waals surface area (Å²) < 4.78 is 0. The van der Waals surface area contributed by atoms with Crippen LogP contribution in [0.4, 0.5) is 0 Å². The van der Waals surface area contributed by atoms with Crippen LogP contribution in [0.15, 0.2) is 40.2 Å². The first-order chi connectivity index (χ1) is 13.3. The van der Waals surface area contributed by atoms with Crippen LogP contribution in [-0.2, 0) is 0 Å². The molecule has 0 radical (unpaired) electrons. The number of aliphatic imine (C=N–C) groups is 1. The van der Waals surface area contributed by atoms with Gasteiger partial charge in [-0.2, -0.15) is 0 Å². The fraction of sp³-hybridized carbons (Fsp3) is 0.667. The fourth-order valence-corrected chi connectivity index (χ4v) is 3.95. The van der Waals surface area contributed by atoms with E-state index in [0.717, 1.165) is 37.8 Å². The highest BCUT2D eigenvalue weighted by Gasteiger charge is 2.14. The van der Waals surface area contributed by atoms with Gasteiger partial charge in [-0.25, -0.2) is 0 Å². The molecule has 1 saturated heterocycles. The number of benzene rings is 1. The molecule has 0 spiro atoms. The maximum Gasteiger partial charge on any atom is 0.191 e. The van der Waals surface area contributed by atoms with Gasteiger partial charge in [0.25, 0.3) is 0 Å². The monoisotopic (exact) mass is 391 g/mol. The quantitative estimate of drug-likeness (QED) is 0.263. The fourth-order valence-electron chi connectivity index (χ4n) is 3.16. The number of piperazine rings is 1. The second kappa shape index (κ2) is 13.9. The van der Waals surface area contributed by atoms with Crippen molar-refractivity contribution in [3.63, 3.8) is 0 Å². The lowest BCUT2D eigenvalue weighted by Gasteiger charge is -2.33. The summed E-state index contributed by atoms with van der Waals surface area (Å²) in [6.07, 6.45) is 2.39. The molecular formula is C21H37N5S. The van der Waals surface area contributed by atoms with Crippen molar-refractivity contribution < 1.29 is 0 Å². The molecule has 5 nitrogen and oxygen atoms in total. The van der Waals surface area contributed by atoms with Gasteiger partial charge in [0.15, 0.2) is 5.96 Å². The summed E-state index contributed by atoms with van der Waals surface area (Å²) in [4.78, 5) is 11.2. The molecule has 1 aliphatic heterocycles. The largest absolute Gasteiger partial charge is 0.357 e. The van der Waals surface area contributed by atoms with Crippen molar-refractivity contribution in [3.05, 3.63) is 30.3 Å². The van der Waals surface area contributed by atoms with Gasteiger partial charge >= 0.3 is 0 Å². The first-order valence-electron chi connectivity index (χ1n) is 10.5. The van der Waals surface area contributed by atoms with Crippen molar-refractivity contribution in [1.82, 2.24) is 20.4 Å². The second-order valence-electron chi connectivity index (χ2n) is 6.83. The van der Waals surface area contributed by atoms with E-state index in [1.165, 1.54) is 50.6 Å². The van der Waals surface area contributed by atoms with Crippen molar-refractivity contribution in [2.45, 2.75) is 31.6 Å². The number of unbranched alkanes of at least 4 members (excludes halogenated alkanes) is 1. The van der Waals surface area contributed by atoms with Gasteiger partial charge in [0.1, 0.15) is 0 Å². The van der Waals surface area contributed by atoms with Crippen molar-refractivity contribution in [1.29, 1.82) is 0 Å². The number of nitrogens with one attached hydrogen (secondary N) is 2. The summed E-state index contributed by atoms with van der Waals surface area (Å²) in [5, 5.41) is 6.79. The normalized spacial score (nSPS) is 16.4. The van der Waals surface area contributed by atoms with Gasteiger partial charge in [0.2, 0.25) is 0 Å². The topological polar surface area (TPSA) is 42.9 Å². The van der Waals surface area contributed by atoms with Crippen LogP contribution in [0.5, 0.6) is 0 Å². The Hall–Kier alpha value is -1.24. The maximum atomic E-state index is 4.72. The van der Waals surface area contributed by atoms with Crippen LogP contribution in [0.2, 0.25) is 0 Å². The molecule has 0 unspecified atom stereocenters. The number of thioether (sulfide) groups is 1. The van der Waals surface area contributed by atoms with Crippen molar-refractivity contribution in [3.8, 4) is 0 Å². The smallest absolute Gasteiger partial charge is 0.191 e. The minimum Gasteiger partial charge on any atom is -0.357 e. The van der Waals surface area contributed by atoms with Gasteiger partial charge in [-0.1, -0.05) is 25.1 Å². The van der Waals surface area contributed by atoms with E-state index < -0.39 is 0 Å². The van der Waals surface area contributed by atoms with E-state index in [1.54, 1.807) is 0 Å². The molecule has 6 heteroatoms. The summed E-state index contributed by atoms with van der Waals surface area (Å²) in [7, 11) is 0. The SMILES string of the molecule is CCNC(=NCCCCN1CCN(CC)CC1)NCCSc1ccccc1. The average Bonchev–Trinajstić information content (AvgIpc) is 2.72. The van der Waals surface area contributed by atoms with E-state index in [0.29, 0.717) is 0 Å². The van der Waals surface area contributed by atoms with Gasteiger partial charge in [0.05, 0.1) is 0 Å². The van der Waals surface area contributed by atoms with Gasteiger partial charge in [-0.15, -0.1) is 11.8 Å². The van der Waals surface area contributed by atoms with Crippen LogP contribution >= 0.6 is 11.8 Å². The standard InChI is InChI=1S/C21H37N5S/c1-3-22-21(24-13-19-27-20-10-6-5-7-11-20)23-12-8-9-14-26-17-15-25(4-2)16-18-26/h5-7,10-11H,3-4,8-9,12-19H2,1-2H3,(H2,22,23,24). The minimum absolute atomic E-state index is 0.899. The summed E-state index contributed by atoms with van der Waals surface area (Å²) in [5.41, 5.74) is 0. The Labute approximate surface area is 170 Å². The third-order valence-electron chi connectivity index (χ3n) is 4.82. The number of nitrogens with zero attached hydrogens (tertiary/aromatic N) is 3. The molecule has 0 saturated carbocycles. The predicted molar refractivity (Wildman–Crippen MR) is 119 cm³/mol. The van der Waals surface area contributed by atoms with Crippen LogP contribution in [0.1, 0.15) is 26.7 Å². The molecular weight excluding hydrogens is 354 g/mol. The van der Waals surface area contributed by atoms with Crippen LogP contribution < -0.4 is 10.6 Å². The van der Waals surface area contributed by atoms with E-state index in [4.69, 9.17) is 4.99 Å². The lowest BCUT2D eigenvalue weighted by atomic mass is 10.2. The summed E-state index contributed by atoms with van der Waals surface area (Å²) in [6, 6.07) is 10.6. The zero-order chi connectivity index (χ0) is 19.2. The molecule has 2 N–H and O–H groups in total. The summed E-state index contributed by atoms with van der Waals surface area (Å²) in [6.45, 7) is 14.4. The van der Waals surface area contributed by atoms with E-state index >= 15 is 0 Å². The first kappa shape index (κ1) is 22.1. The Morgan fingerprint density at radius 2 is 1.74 bits per heavy atom. The van der Waals surface area contributed by atoms with Crippen molar-refractivity contribution in [2.24, 2.45) is 4.99 Å². The molecule has 0 aromatic heterocycles. The van der Waals surface area contributed by atoms with Crippen LogP contribution in [0.25, 0.3) is 0 Å². The molecule has 0 atom stereocenters. The Morgan fingerprint density at radius 3 is 2.44 bits per heavy atom. The van der Waals surface area contributed by atoms with Gasteiger partial charge < -0.3 is 20.4 Å². The summed E-state index contributed by atoms with van der Waals surface area (Å²) in [5.74, 6) is 1.99. The van der Waals surface area contributed by atoms with Crippen molar-refractivity contribution >= 4 is 17.7 Å². The third-order valence-corrected chi connectivity index (χ3v) is 5.83. The Kier molecular flexibility index (Phi) is 11.3. The van der Waals surface area contributed by atoms with Crippen LogP contribution in [-0.4, -0.2) is 80.4 Å². The minimum atomic E-state index is 0.899. The predicted octanol–water partition coefficient (Wildman–Crippen LogP) is 2.75. The lowest BCUT2D eigenvalue weighted by molar-refractivity contribution is 0.136. The molecule has 0 aliphatic carbocycles. The Balaban J connectivity index is 1.56. The van der Waals surface area contributed by atoms with E-state index in [2.05, 4.69) is 64.6 Å². The van der Waals surface area contributed by atoms with Crippen molar-refractivity contribution in [2.75, 3.05) is 64.7 Å². The lowest BCUT2D eigenvalue weighted by Crippen LogP contribution is -2.46. The first-order valence-corrected chi connectivity index (χ1v) is 11.4.